The SMILES string of the molecule is C[C@]12CCCC[C@@H]1CC[C@H]1[C@H]2CC[C@]2(C)C(=O)C=C[C@H]12. The number of rotatable bonds is 0. The third-order valence-corrected chi connectivity index (χ3v) is 7.85. The zero-order chi connectivity index (χ0) is 14.0. The summed E-state index contributed by atoms with van der Waals surface area (Å²) in [4.78, 5) is 12.3. The Morgan fingerprint density at radius 2 is 1.90 bits per heavy atom. The minimum atomic E-state index is -0.0426. The second-order valence-electron chi connectivity index (χ2n) is 8.50. The fourth-order valence-corrected chi connectivity index (χ4v) is 6.57. The van der Waals surface area contributed by atoms with Gasteiger partial charge in [-0.05, 0) is 73.7 Å². The van der Waals surface area contributed by atoms with Crippen LogP contribution in [0.3, 0.4) is 0 Å². The Bertz CT molecular complexity index is 464. The Morgan fingerprint density at radius 1 is 1.05 bits per heavy atom. The molecule has 6 atom stereocenters. The van der Waals surface area contributed by atoms with Crippen molar-refractivity contribution in [2.75, 3.05) is 0 Å². The average molecular weight is 272 g/mol. The molecule has 0 aliphatic heterocycles. The smallest absolute Gasteiger partial charge is 0.161 e. The minimum Gasteiger partial charge on any atom is -0.294 e. The monoisotopic (exact) mass is 272 g/mol. The summed E-state index contributed by atoms with van der Waals surface area (Å²) in [5, 5.41) is 0. The predicted molar refractivity (Wildman–Crippen MR) is 81.3 cm³/mol. The lowest BCUT2D eigenvalue weighted by atomic mass is 9.45. The van der Waals surface area contributed by atoms with Gasteiger partial charge in [0.05, 0.1) is 0 Å². The average Bonchev–Trinajstić information content (AvgIpc) is 2.74. The van der Waals surface area contributed by atoms with E-state index >= 15 is 0 Å². The fourth-order valence-electron chi connectivity index (χ4n) is 6.57. The zero-order valence-electron chi connectivity index (χ0n) is 13.0. The summed E-state index contributed by atoms with van der Waals surface area (Å²) in [6.07, 6.45) is 15.2. The molecule has 4 aliphatic rings. The number of carbonyl (C=O) groups is 1. The van der Waals surface area contributed by atoms with Gasteiger partial charge in [-0.15, -0.1) is 0 Å². The van der Waals surface area contributed by atoms with Crippen molar-refractivity contribution < 1.29 is 4.79 Å². The molecule has 0 N–H and O–H groups in total. The van der Waals surface area contributed by atoms with E-state index < -0.39 is 0 Å². The van der Waals surface area contributed by atoms with Gasteiger partial charge >= 0.3 is 0 Å². The summed E-state index contributed by atoms with van der Waals surface area (Å²) in [5.41, 5.74) is 0.543. The maximum Gasteiger partial charge on any atom is 0.161 e. The highest BCUT2D eigenvalue weighted by molar-refractivity contribution is 5.97. The molecule has 20 heavy (non-hydrogen) atoms. The van der Waals surface area contributed by atoms with Gasteiger partial charge in [0.25, 0.3) is 0 Å². The maximum absolute atomic E-state index is 12.3. The molecular formula is C19H28O. The number of ketones is 1. The van der Waals surface area contributed by atoms with Crippen LogP contribution < -0.4 is 0 Å². The molecule has 3 saturated carbocycles. The maximum atomic E-state index is 12.3. The van der Waals surface area contributed by atoms with Crippen LogP contribution in [-0.2, 0) is 4.79 Å². The van der Waals surface area contributed by atoms with Crippen LogP contribution in [0.2, 0.25) is 0 Å². The van der Waals surface area contributed by atoms with Crippen molar-refractivity contribution in [2.24, 2.45) is 34.5 Å². The van der Waals surface area contributed by atoms with Crippen molar-refractivity contribution in [1.82, 2.24) is 0 Å². The first-order valence-electron chi connectivity index (χ1n) is 8.78. The fraction of sp³-hybridized carbons (Fsp3) is 0.842. The molecule has 0 amide bonds. The van der Waals surface area contributed by atoms with E-state index in [4.69, 9.17) is 0 Å². The van der Waals surface area contributed by atoms with Crippen LogP contribution in [0, 0.1) is 34.5 Å². The number of fused-ring (bicyclic) bond motifs is 5. The second kappa shape index (κ2) is 4.21. The molecule has 1 heteroatoms. The first-order chi connectivity index (χ1) is 9.56. The molecule has 0 aromatic rings. The molecule has 0 spiro atoms. The van der Waals surface area contributed by atoms with Crippen LogP contribution in [0.4, 0.5) is 0 Å². The van der Waals surface area contributed by atoms with Crippen LogP contribution in [0.1, 0.15) is 65.2 Å². The molecule has 0 saturated heterocycles. The van der Waals surface area contributed by atoms with Crippen molar-refractivity contribution >= 4 is 5.78 Å². The molecule has 4 rings (SSSR count). The molecular weight excluding hydrogens is 244 g/mol. The van der Waals surface area contributed by atoms with E-state index in [9.17, 15) is 4.79 Å². The first kappa shape index (κ1) is 13.1. The lowest BCUT2D eigenvalue weighted by molar-refractivity contribution is -0.136. The Balaban J connectivity index is 1.68. The third-order valence-electron chi connectivity index (χ3n) is 7.85. The van der Waals surface area contributed by atoms with E-state index in [1.54, 1.807) is 0 Å². The minimum absolute atomic E-state index is 0.0426. The molecule has 0 unspecified atom stereocenters. The van der Waals surface area contributed by atoms with Gasteiger partial charge in [-0.3, -0.25) is 4.79 Å². The van der Waals surface area contributed by atoms with Crippen molar-refractivity contribution in [2.45, 2.75) is 65.2 Å². The molecule has 3 fully saturated rings. The van der Waals surface area contributed by atoms with E-state index in [1.165, 1.54) is 44.9 Å². The molecule has 110 valence electrons. The Morgan fingerprint density at radius 3 is 2.75 bits per heavy atom. The highest BCUT2D eigenvalue weighted by Gasteiger charge is 2.58. The van der Waals surface area contributed by atoms with E-state index in [0.29, 0.717) is 17.1 Å². The van der Waals surface area contributed by atoms with E-state index in [1.807, 2.05) is 6.08 Å². The molecule has 0 heterocycles. The van der Waals surface area contributed by atoms with Gasteiger partial charge in [-0.1, -0.05) is 32.8 Å². The van der Waals surface area contributed by atoms with Crippen molar-refractivity contribution in [3.8, 4) is 0 Å². The standard InChI is InChI=1S/C19H28O/c1-18-11-4-3-5-13(18)6-7-14-15-8-9-17(20)19(15,2)12-10-16(14)18/h8-9,13-16H,3-7,10-12H2,1-2H3/t13-,14-,15-,16-,18+,19+/m1/s1. The quantitative estimate of drug-likeness (QED) is 0.621. The van der Waals surface area contributed by atoms with Gasteiger partial charge in [-0.25, -0.2) is 0 Å². The number of allylic oxidation sites excluding steroid dienone is 2. The van der Waals surface area contributed by atoms with Gasteiger partial charge in [0.1, 0.15) is 0 Å². The highest BCUT2D eigenvalue weighted by Crippen LogP contribution is 2.64. The molecule has 0 radical (unpaired) electrons. The van der Waals surface area contributed by atoms with Crippen LogP contribution in [-0.4, -0.2) is 5.78 Å². The Labute approximate surface area is 123 Å². The van der Waals surface area contributed by atoms with Gasteiger partial charge in [0, 0.05) is 5.41 Å². The Hall–Kier alpha value is -0.590. The van der Waals surface area contributed by atoms with Gasteiger partial charge in [0.2, 0.25) is 0 Å². The number of hydrogen-bond acceptors (Lipinski definition) is 1. The summed E-state index contributed by atoms with van der Waals surface area (Å²) >= 11 is 0. The number of carbonyl (C=O) groups excluding carboxylic acids is 1. The summed E-state index contributed by atoms with van der Waals surface area (Å²) in [6.45, 7) is 4.84. The summed E-state index contributed by atoms with van der Waals surface area (Å²) < 4.78 is 0. The molecule has 1 nitrogen and oxygen atoms in total. The highest BCUT2D eigenvalue weighted by atomic mass is 16.1. The molecule has 4 aliphatic carbocycles. The first-order valence-corrected chi connectivity index (χ1v) is 8.78. The van der Waals surface area contributed by atoms with Gasteiger partial charge in [0.15, 0.2) is 5.78 Å². The van der Waals surface area contributed by atoms with Gasteiger partial charge < -0.3 is 0 Å². The van der Waals surface area contributed by atoms with Gasteiger partial charge in [-0.2, -0.15) is 0 Å². The Kier molecular flexibility index (Phi) is 2.76. The largest absolute Gasteiger partial charge is 0.294 e. The van der Waals surface area contributed by atoms with Crippen LogP contribution in [0.5, 0.6) is 0 Å². The zero-order valence-corrected chi connectivity index (χ0v) is 13.0. The van der Waals surface area contributed by atoms with Crippen LogP contribution in [0.15, 0.2) is 12.2 Å². The van der Waals surface area contributed by atoms with E-state index in [-0.39, 0.29) is 5.41 Å². The van der Waals surface area contributed by atoms with Crippen LogP contribution in [0.25, 0.3) is 0 Å². The molecule has 0 aromatic carbocycles. The van der Waals surface area contributed by atoms with Crippen molar-refractivity contribution in [1.29, 1.82) is 0 Å². The third kappa shape index (κ3) is 1.53. The second-order valence-corrected chi connectivity index (χ2v) is 8.50. The lowest BCUT2D eigenvalue weighted by Gasteiger charge is -2.59. The topological polar surface area (TPSA) is 17.1 Å². The van der Waals surface area contributed by atoms with Crippen molar-refractivity contribution in [3.05, 3.63) is 12.2 Å². The van der Waals surface area contributed by atoms with Crippen LogP contribution >= 0.6 is 0 Å². The normalized spacial score (nSPS) is 54.2. The lowest BCUT2D eigenvalue weighted by Crippen LogP contribution is -2.52. The summed E-state index contributed by atoms with van der Waals surface area (Å²) in [7, 11) is 0. The summed E-state index contributed by atoms with van der Waals surface area (Å²) in [5.74, 6) is 3.61. The predicted octanol–water partition coefficient (Wildman–Crippen LogP) is 4.76. The molecule has 0 bridgehead atoms. The summed E-state index contributed by atoms with van der Waals surface area (Å²) in [6, 6.07) is 0. The number of hydrogen-bond donors (Lipinski definition) is 0. The van der Waals surface area contributed by atoms with E-state index in [2.05, 4.69) is 19.9 Å². The van der Waals surface area contributed by atoms with Crippen molar-refractivity contribution in [3.63, 3.8) is 0 Å². The molecule has 0 aromatic heterocycles. The van der Waals surface area contributed by atoms with E-state index in [0.717, 1.165) is 24.2 Å².